The molecule has 0 aliphatic carbocycles. The Morgan fingerprint density at radius 2 is 1.88 bits per heavy atom. The summed E-state index contributed by atoms with van der Waals surface area (Å²) in [5, 5.41) is 12.9. The van der Waals surface area contributed by atoms with Gasteiger partial charge in [0, 0.05) is 35.2 Å². The van der Waals surface area contributed by atoms with E-state index < -0.39 is 4.92 Å². The minimum Gasteiger partial charge on any atom is -0.497 e. The lowest BCUT2D eigenvalue weighted by Gasteiger charge is -1.98. The average Bonchev–Trinajstić information content (AvgIpc) is 3.05. The van der Waals surface area contributed by atoms with Gasteiger partial charge < -0.3 is 9.72 Å². The molecule has 128 valence electrons. The van der Waals surface area contributed by atoms with Gasteiger partial charge in [-0.05, 0) is 42.0 Å². The molecule has 26 heavy (non-hydrogen) atoms. The summed E-state index contributed by atoms with van der Waals surface area (Å²) < 4.78 is 5.28. The molecule has 1 N–H and O–H groups in total. The molecule has 0 amide bonds. The Hall–Kier alpha value is -3.67. The number of hydrogen-bond donors (Lipinski definition) is 1. The quantitative estimate of drug-likeness (QED) is 0.425. The molecule has 0 radical (unpaired) electrons. The van der Waals surface area contributed by atoms with Crippen molar-refractivity contribution in [2.45, 2.75) is 0 Å². The number of non-ortho nitro benzene ring substituents is 1. The van der Waals surface area contributed by atoms with E-state index in [1.807, 2.05) is 36.4 Å². The number of nitrogens with one attached hydrogen (secondary N) is 1. The molecule has 6 heteroatoms. The van der Waals surface area contributed by atoms with Crippen molar-refractivity contribution in [2.24, 2.45) is 0 Å². The summed E-state index contributed by atoms with van der Waals surface area (Å²) in [7, 11) is 1.64. The number of H-pyrrole nitrogens is 1. The number of fused-ring (bicyclic) bond motifs is 3. The van der Waals surface area contributed by atoms with Crippen LogP contribution in [0.5, 0.6) is 5.75 Å². The van der Waals surface area contributed by atoms with Crippen LogP contribution < -0.4 is 4.74 Å². The number of pyridine rings is 1. The van der Waals surface area contributed by atoms with E-state index in [9.17, 15) is 10.1 Å². The van der Waals surface area contributed by atoms with Crippen LogP contribution in [0.15, 0.2) is 54.7 Å². The first-order chi connectivity index (χ1) is 12.7. The molecule has 2 aromatic heterocycles. The van der Waals surface area contributed by atoms with Crippen LogP contribution in [0.2, 0.25) is 0 Å². The minimum absolute atomic E-state index is 0.0759. The lowest BCUT2D eigenvalue weighted by Crippen LogP contribution is -1.86. The van der Waals surface area contributed by atoms with Gasteiger partial charge in [0.2, 0.25) is 0 Å². The van der Waals surface area contributed by atoms with Crippen molar-refractivity contribution in [1.82, 2.24) is 9.97 Å². The van der Waals surface area contributed by atoms with E-state index in [2.05, 4.69) is 9.97 Å². The molecular weight excluding hydrogens is 330 g/mol. The molecule has 4 rings (SSSR count). The monoisotopic (exact) mass is 345 g/mol. The first kappa shape index (κ1) is 15.8. The molecule has 0 atom stereocenters. The fraction of sp³-hybridized carbons (Fsp3) is 0.0500. The molecule has 0 aliphatic heterocycles. The molecule has 0 fully saturated rings. The zero-order chi connectivity index (χ0) is 18.1. The van der Waals surface area contributed by atoms with Gasteiger partial charge in [0.05, 0.1) is 28.8 Å². The Morgan fingerprint density at radius 3 is 2.62 bits per heavy atom. The van der Waals surface area contributed by atoms with E-state index >= 15 is 0 Å². The van der Waals surface area contributed by atoms with E-state index in [0.29, 0.717) is 0 Å². The maximum Gasteiger partial charge on any atom is 0.269 e. The van der Waals surface area contributed by atoms with Gasteiger partial charge in [-0.25, -0.2) is 0 Å². The van der Waals surface area contributed by atoms with Crippen molar-refractivity contribution in [3.05, 3.63) is 76.1 Å². The minimum atomic E-state index is -0.408. The van der Waals surface area contributed by atoms with Gasteiger partial charge in [0.1, 0.15) is 5.75 Å². The summed E-state index contributed by atoms with van der Waals surface area (Å²) in [6, 6.07) is 14.3. The number of aromatic nitrogens is 2. The molecule has 6 nitrogen and oxygen atoms in total. The number of benzene rings is 2. The number of aromatic amines is 1. The molecular formula is C20H15N3O3. The highest BCUT2D eigenvalue weighted by Crippen LogP contribution is 2.30. The van der Waals surface area contributed by atoms with Gasteiger partial charge in [-0.1, -0.05) is 6.08 Å². The zero-order valence-corrected chi connectivity index (χ0v) is 14.0. The van der Waals surface area contributed by atoms with Gasteiger partial charge in [-0.3, -0.25) is 15.1 Å². The molecule has 0 saturated carbocycles. The van der Waals surface area contributed by atoms with Crippen LogP contribution >= 0.6 is 0 Å². The maximum absolute atomic E-state index is 10.7. The number of hydrogen-bond acceptors (Lipinski definition) is 4. The fourth-order valence-electron chi connectivity index (χ4n) is 2.97. The molecule has 0 spiro atoms. The Labute approximate surface area is 148 Å². The normalized spacial score (nSPS) is 11.4. The number of nitro benzene ring substituents is 1. The van der Waals surface area contributed by atoms with Gasteiger partial charge >= 0.3 is 0 Å². The summed E-state index contributed by atoms with van der Waals surface area (Å²) in [6.07, 6.45) is 5.56. The lowest BCUT2D eigenvalue weighted by molar-refractivity contribution is -0.384. The molecule has 0 saturated heterocycles. The fourth-order valence-corrected chi connectivity index (χ4v) is 2.97. The van der Waals surface area contributed by atoms with Crippen LogP contribution in [0.1, 0.15) is 11.3 Å². The predicted molar refractivity (Wildman–Crippen MR) is 102 cm³/mol. The third-order valence-corrected chi connectivity index (χ3v) is 4.29. The van der Waals surface area contributed by atoms with E-state index in [4.69, 9.17) is 4.74 Å². The standard InChI is InChI=1S/C20H15N3O3/c1-26-15-7-8-16-17-10-11-21-18(20(17)22-19(16)12-15)9-4-13-2-5-14(6-3-13)23(24)25/h2-12,22H,1H3/b9-4-. The van der Waals surface area contributed by atoms with Crippen molar-refractivity contribution in [2.75, 3.05) is 7.11 Å². The van der Waals surface area contributed by atoms with Crippen molar-refractivity contribution in [3.63, 3.8) is 0 Å². The zero-order valence-electron chi connectivity index (χ0n) is 14.0. The van der Waals surface area contributed by atoms with Crippen molar-refractivity contribution >= 4 is 39.6 Å². The molecule has 2 aromatic carbocycles. The Morgan fingerprint density at radius 1 is 1.08 bits per heavy atom. The first-order valence-corrected chi connectivity index (χ1v) is 8.03. The van der Waals surface area contributed by atoms with Crippen molar-refractivity contribution in [3.8, 4) is 5.75 Å². The Bertz CT molecular complexity index is 1140. The summed E-state index contributed by atoms with van der Waals surface area (Å²) in [4.78, 5) is 18.2. The SMILES string of the molecule is COc1ccc2c(c1)[nH]c1c(/C=C\c3ccc([N+](=O)[O-])cc3)nccc12. The van der Waals surface area contributed by atoms with Gasteiger partial charge in [0.25, 0.3) is 5.69 Å². The van der Waals surface area contributed by atoms with Crippen LogP contribution in [-0.2, 0) is 0 Å². The van der Waals surface area contributed by atoms with E-state index in [1.54, 1.807) is 25.4 Å². The average molecular weight is 345 g/mol. The third-order valence-electron chi connectivity index (χ3n) is 4.29. The largest absolute Gasteiger partial charge is 0.497 e. The topological polar surface area (TPSA) is 81.0 Å². The second-order valence-electron chi connectivity index (χ2n) is 5.84. The van der Waals surface area contributed by atoms with Crippen LogP contribution in [0, 0.1) is 10.1 Å². The smallest absolute Gasteiger partial charge is 0.269 e. The second-order valence-corrected chi connectivity index (χ2v) is 5.84. The number of ether oxygens (including phenoxy) is 1. The summed E-state index contributed by atoms with van der Waals surface area (Å²) >= 11 is 0. The van der Waals surface area contributed by atoms with Gasteiger partial charge in [0.15, 0.2) is 0 Å². The number of nitrogens with zero attached hydrogens (tertiary/aromatic N) is 2. The maximum atomic E-state index is 10.7. The van der Waals surface area contributed by atoms with Crippen molar-refractivity contribution < 1.29 is 9.66 Å². The molecule has 0 unspecified atom stereocenters. The molecule has 2 heterocycles. The highest BCUT2D eigenvalue weighted by Gasteiger charge is 2.08. The number of rotatable bonds is 4. The number of nitro groups is 1. The predicted octanol–water partition coefficient (Wildman–Crippen LogP) is 4.80. The van der Waals surface area contributed by atoms with Crippen LogP contribution in [0.3, 0.4) is 0 Å². The summed E-state index contributed by atoms with van der Waals surface area (Å²) in [5.74, 6) is 0.792. The van der Waals surface area contributed by atoms with Crippen LogP contribution in [-0.4, -0.2) is 22.0 Å². The molecule has 4 aromatic rings. The first-order valence-electron chi connectivity index (χ1n) is 8.03. The van der Waals surface area contributed by atoms with Crippen molar-refractivity contribution in [1.29, 1.82) is 0 Å². The summed E-state index contributed by atoms with van der Waals surface area (Å²) in [6.45, 7) is 0. The molecule has 0 bridgehead atoms. The lowest BCUT2D eigenvalue weighted by atomic mass is 10.1. The number of methoxy groups -OCH3 is 1. The highest BCUT2D eigenvalue weighted by atomic mass is 16.6. The Kier molecular flexibility index (Phi) is 3.85. The summed E-state index contributed by atoms with van der Waals surface area (Å²) in [5.41, 5.74) is 3.67. The van der Waals surface area contributed by atoms with Crippen LogP contribution in [0.4, 0.5) is 5.69 Å². The highest BCUT2D eigenvalue weighted by molar-refractivity contribution is 6.09. The third kappa shape index (κ3) is 2.77. The van der Waals surface area contributed by atoms with Crippen LogP contribution in [0.25, 0.3) is 34.0 Å². The molecule has 0 aliphatic rings. The Balaban J connectivity index is 1.75. The van der Waals surface area contributed by atoms with Gasteiger partial charge in [-0.2, -0.15) is 0 Å². The van der Waals surface area contributed by atoms with Gasteiger partial charge in [-0.15, -0.1) is 0 Å². The second kappa shape index (κ2) is 6.33. The van der Waals surface area contributed by atoms with E-state index in [0.717, 1.165) is 38.8 Å². The van der Waals surface area contributed by atoms with E-state index in [-0.39, 0.29) is 5.69 Å². The van der Waals surface area contributed by atoms with E-state index in [1.165, 1.54) is 12.1 Å².